The Bertz CT molecular complexity index is 1020. The summed E-state index contributed by atoms with van der Waals surface area (Å²) in [5.41, 5.74) is 0.869. The van der Waals surface area contributed by atoms with Crippen LogP contribution in [-0.4, -0.2) is 44.9 Å². The second-order valence-electron chi connectivity index (χ2n) is 7.98. The number of rotatable bonds is 7. The Hall–Kier alpha value is -2.58. The molecule has 31 heavy (non-hydrogen) atoms. The molecule has 1 aliphatic carbocycles. The number of hydrogen-bond donors (Lipinski definition) is 1. The van der Waals surface area contributed by atoms with Crippen molar-refractivity contribution in [3.05, 3.63) is 48.0 Å². The van der Waals surface area contributed by atoms with Gasteiger partial charge >= 0.3 is 0 Å². The lowest BCUT2D eigenvalue weighted by molar-refractivity contribution is 0.102. The van der Waals surface area contributed by atoms with E-state index in [1.165, 1.54) is 36.4 Å². The van der Waals surface area contributed by atoms with Crippen LogP contribution in [0.15, 0.2) is 47.4 Å². The minimum absolute atomic E-state index is 0.0184. The molecule has 4 rings (SSSR count). The molecule has 0 atom stereocenters. The number of anilines is 1. The van der Waals surface area contributed by atoms with Crippen LogP contribution in [0.3, 0.4) is 0 Å². The highest BCUT2D eigenvalue weighted by Gasteiger charge is 2.30. The summed E-state index contributed by atoms with van der Waals surface area (Å²) in [6.45, 7) is 0.967. The minimum Gasteiger partial charge on any atom is -0.495 e. The third kappa shape index (κ3) is 4.85. The van der Waals surface area contributed by atoms with Crippen LogP contribution in [0.25, 0.3) is 0 Å². The van der Waals surface area contributed by atoms with Crippen LogP contribution >= 0.6 is 0 Å². The zero-order chi connectivity index (χ0) is 21.8. The number of nitrogens with one attached hydrogen (secondary N) is 1. The van der Waals surface area contributed by atoms with Crippen molar-refractivity contribution in [3.8, 4) is 11.5 Å². The molecule has 0 spiro atoms. The van der Waals surface area contributed by atoms with E-state index in [-0.39, 0.29) is 28.2 Å². The van der Waals surface area contributed by atoms with Crippen molar-refractivity contribution in [2.24, 2.45) is 0 Å². The van der Waals surface area contributed by atoms with Crippen molar-refractivity contribution in [1.29, 1.82) is 0 Å². The number of nitrogens with zero attached hydrogens (tertiary/aromatic N) is 1. The van der Waals surface area contributed by atoms with E-state index in [1.807, 2.05) is 12.1 Å². The summed E-state index contributed by atoms with van der Waals surface area (Å²) in [6, 6.07) is 11.7. The second kappa shape index (κ2) is 9.28. The number of methoxy groups -OCH3 is 1. The van der Waals surface area contributed by atoms with Gasteiger partial charge in [0, 0.05) is 24.3 Å². The number of sulfonamides is 1. The van der Waals surface area contributed by atoms with Crippen molar-refractivity contribution < 1.29 is 22.7 Å². The van der Waals surface area contributed by atoms with Gasteiger partial charge < -0.3 is 14.8 Å². The Balaban J connectivity index is 1.49. The van der Waals surface area contributed by atoms with E-state index < -0.39 is 10.0 Å². The molecule has 2 fully saturated rings. The topological polar surface area (TPSA) is 84.9 Å². The van der Waals surface area contributed by atoms with E-state index in [9.17, 15) is 13.2 Å². The fourth-order valence-electron chi connectivity index (χ4n) is 4.11. The number of amides is 1. The standard InChI is InChI=1S/C23H28N2O5S/c1-29-21-13-8-17(16-22(21)31(27,28)25-14-4-5-15-25)23(26)24-18-9-11-20(12-10-18)30-19-6-2-3-7-19/h8-13,16,19H,2-7,14-15H2,1H3,(H,24,26). The number of carbonyl (C=O) groups is 1. The molecular formula is C23H28N2O5S. The maximum atomic E-state index is 13.0. The van der Waals surface area contributed by atoms with Crippen LogP contribution in [0.1, 0.15) is 48.9 Å². The Morgan fingerprint density at radius 1 is 1.00 bits per heavy atom. The Kier molecular flexibility index (Phi) is 6.48. The molecule has 0 radical (unpaired) electrons. The highest BCUT2D eigenvalue weighted by molar-refractivity contribution is 7.89. The molecule has 1 saturated heterocycles. The van der Waals surface area contributed by atoms with Gasteiger partial charge in [-0.25, -0.2) is 8.42 Å². The molecule has 7 nitrogen and oxygen atoms in total. The van der Waals surface area contributed by atoms with E-state index >= 15 is 0 Å². The Morgan fingerprint density at radius 2 is 1.68 bits per heavy atom. The average molecular weight is 445 g/mol. The van der Waals surface area contributed by atoms with E-state index in [4.69, 9.17) is 9.47 Å². The fraction of sp³-hybridized carbons (Fsp3) is 0.435. The molecule has 1 aliphatic heterocycles. The van der Waals surface area contributed by atoms with Crippen molar-refractivity contribution in [1.82, 2.24) is 4.31 Å². The van der Waals surface area contributed by atoms with Gasteiger partial charge in [-0.15, -0.1) is 0 Å². The zero-order valence-electron chi connectivity index (χ0n) is 17.7. The summed E-state index contributed by atoms with van der Waals surface area (Å²) in [4.78, 5) is 12.8. The monoisotopic (exact) mass is 444 g/mol. The van der Waals surface area contributed by atoms with Crippen molar-refractivity contribution in [2.45, 2.75) is 49.5 Å². The van der Waals surface area contributed by atoms with Gasteiger partial charge in [-0.1, -0.05) is 0 Å². The lowest BCUT2D eigenvalue weighted by Gasteiger charge is -2.18. The van der Waals surface area contributed by atoms with Crippen molar-refractivity contribution in [2.75, 3.05) is 25.5 Å². The smallest absolute Gasteiger partial charge is 0.255 e. The first-order chi connectivity index (χ1) is 15.0. The number of hydrogen-bond acceptors (Lipinski definition) is 5. The molecule has 8 heteroatoms. The maximum Gasteiger partial charge on any atom is 0.255 e. The first kappa shape index (κ1) is 21.6. The fourth-order valence-corrected chi connectivity index (χ4v) is 5.80. The van der Waals surface area contributed by atoms with Gasteiger partial charge in [0.05, 0.1) is 13.2 Å². The zero-order valence-corrected chi connectivity index (χ0v) is 18.5. The van der Waals surface area contributed by atoms with Gasteiger partial charge in [0.25, 0.3) is 5.91 Å². The highest BCUT2D eigenvalue weighted by Crippen LogP contribution is 2.30. The highest BCUT2D eigenvalue weighted by atomic mass is 32.2. The first-order valence-corrected chi connectivity index (χ1v) is 12.2. The van der Waals surface area contributed by atoms with Crippen LogP contribution in [0, 0.1) is 0 Å². The summed E-state index contributed by atoms with van der Waals surface area (Å²) < 4.78 is 38.7. The van der Waals surface area contributed by atoms with E-state index in [0.717, 1.165) is 31.4 Å². The number of benzene rings is 2. The van der Waals surface area contributed by atoms with E-state index in [1.54, 1.807) is 18.2 Å². The average Bonchev–Trinajstić information content (AvgIpc) is 3.49. The quantitative estimate of drug-likeness (QED) is 0.696. The van der Waals surface area contributed by atoms with Crippen molar-refractivity contribution in [3.63, 3.8) is 0 Å². The molecule has 2 aliphatic rings. The van der Waals surface area contributed by atoms with Gasteiger partial charge in [0.2, 0.25) is 10.0 Å². The molecule has 1 heterocycles. The lowest BCUT2D eigenvalue weighted by Crippen LogP contribution is -2.28. The third-order valence-corrected chi connectivity index (χ3v) is 7.75. The van der Waals surface area contributed by atoms with Crippen LogP contribution in [0.4, 0.5) is 5.69 Å². The van der Waals surface area contributed by atoms with E-state index in [2.05, 4.69) is 5.32 Å². The van der Waals surface area contributed by atoms with Gasteiger partial charge in [-0.05, 0) is 81.0 Å². The lowest BCUT2D eigenvalue weighted by atomic mass is 10.2. The molecule has 0 unspecified atom stereocenters. The first-order valence-electron chi connectivity index (χ1n) is 10.7. The van der Waals surface area contributed by atoms with E-state index in [0.29, 0.717) is 18.8 Å². The van der Waals surface area contributed by atoms with Gasteiger partial charge in [-0.2, -0.15) is 4.31 Å². The van der Waals surface area contributed by atoms with Crippen LogP contribution in [0.5, 0.6) is 11.5 Å². The summed E-state index contributed by atoms with van der Waals surface area (Å²) in [6.07, 6.45) is 6.52. The summed E-state index contributed by atoms with van der Waals surface area (Å²) in [5, 5.41) is 2.82. The molecule has 0 bridgehead atoms. The molecule has 2 aromatic rings. The molecule has 1 saturated carbocycles. The molecule has 1 amide bonds. The summed E-state index contributed by atoms with van der Waals surface area (Å²) in [7, 11) is -2.29. The van der Waals surface area contributed by atoms with Gasteiger partial charge in [0.15, 0.2) is 0 Å². The summed E-state index contributed by atoms with van der Waals surface area (Å²) in [5.74, 6) is 0.634. The predicted molar refractivity (Wildman–Crippen MR) is 118 cm³/mol. The van der Waals surface area contributed by atoms with Gasteiger partial charge in [-0.3, -0.25) is 4.79 Å². The number of ether oxygens (including phenoxy) is 2. The van der Waals surface area contributed by atoms with Crippen molar-refractivity contribution >= 4 is 21.6 Å². The molecule has 2 aromatic carbocycles. The molecular weight excluding hydrogens is 416 g/mol. The molecule has 0 aromatic heterocycles. The van der Waals surface area contributed by atoms with Crippen LogP contribution < -0.4 is 14.8 Å². The van der Waals surface area contributed by atoms with Gasteiger partial charge in [0.1, 0.15) is 16.4 Å². The Labute approximate surface area is 183 Å². The largest absolute Gasteiger partial charge is 0.495 e. The number of carbonyl (C=O) groups excluding carboxylic acids is 1. The predicted octanol–water partition coefficient (Wildman–Crippen LogP) is 4.05. The van der Waals surface area contributed by atoms with Crippen LogP contribution in [0.2, 0.25) is 0 Å². The Morgan fingerprint density at radius 3 is 2.32 bits per heavy atom. The summed E-state index contributed by atoms with van der Waals surface area (Å²) >= 11 is 0. The molecule has 166 valence electrons. The third-order valence-electron chi connectivity index (χ3n) is 5.83. The molecule has 1 N–H and O–H groups in total. The normalized spacial score (nSPS) is 17.6. The minimum atomic E-state index is -3.72. The van der Waals surface area contributed by atoms with Crippen LogP contribution in [-0.2, 0) is 10.0 Å². The second-order valence-corrected chi connectivity index (χ2v) is 9.89. The SMILES string of the molecule is COc1ccc(C(=O)Nc2ccc(OC3CCCC3)cc2)cc1S(=O)(=O)N1CCCC1. The maximum absolute atomic E-state index is 13.0.